The number of rotatable bonds is 2. The highest BCUT2D eigenvalue weighted by atomic mass is 35.5. The van der Waals surface area contributed by atoms with Crippen LogP contribution in [0.25, 0.3) is 0 Å². The van der Waals surface area contributed by atoms with E-state index in [-0.39, 0.29) is 11.1 Å². The number of benzene rings is 1. The minimum absolute atomic E-state index is 0.261. The summed E-state index contributed by atoms with van der Waals surface area (Å²) in [5, 5.41) is 3.20. The van der Waals surface area contributed by atoms with Gasteiger partial charge in [0.15, 0.2) is 0 Å². The SMILES string of the molecule is Nc1ccccc1C(=O)Nc1cnc(Cl)cc1Cl. The van der Waals surface area contributed by atoms with Crippen molar-refractivity contribution in [2.24, 2.45) is 0 Å². The zero-order chi connectivity index (χ0) is 13.1. The first-order chi connectivity index (χ1) is 8.58. The normalized spacial score (nSPS) is 10.1. The minimum Gasteiger partial charge on any atom is -0.398 e. The lowest BCUT2D eigenvalue weighted by Crippen LogP contribution is -2.14. The van der Waals surface area contributed by atoms with E-state index in [1.807, 2.05) is 0 Å². The first kappa shape index (κ1) is 12.7. The van der Waals surface area contributed by atoms with E-state index >= 15 is 0 Å². The summed E-state index contributed by atoms with van der Waals surface area (Å²) >= 11 is 11.6. The summed E-state index contributed by atoms with van der Waals surface area (Å²) in [7, 11) is 0. The number of para-hydroxylation sites is 1. The smallest absolute Gasteiger partial charge is 0.257 e. The first-order valence-corrected chi connectivity index (χ1v) is 5.80. The number of carbonyl (C=O) groups excluding carboxylic acids is 1. The van der Waals surface area contributed by atoms with Crippen LogP contribution in [0.1, 0.15) is 10.4 Å². The minimum atomic E-state index is -0.348. The number of anilines is 2. The fourth-order valence-corrected chi connectivity index (χ4v) is 1.81. The molecule has 0 aliphatic heterocycles. The average Bonchev–Trinajstić information content (AvgIpc) is 2.33. The highest BCUT2D eigenvalue weighted by molar-refractivity contribution is 6.36. The molecule has 1 aromatic heterocycles. The lowest BCUT2D eigenvalue weighted by molar-refractivity contribution is 0.102. The summed E-state index contributed by atoms with van der Waals surface area (Å²) in [4.78, 5) is 15.8. The number of carbonyl (C=O) groups is 1. The monoisotopic (exact) mass is 281 g/mol. The molecule has 0 unspecified atom stereocenters. The van der Waals surface area contributed by atoms with Gasteiger partial charge in [0.05, 0.1) is 22.5 Å². The Balaban J connectivity index is 2.24. The van der Waals surface area contributed by atoms with Crippen LogP contribution in [0.4, 0.5) is 11.4 Å². The zero-order valence-electron chi connectivity index (χ0n) is 9.15. The van der Waals surface area contributed by atoms with E-state index < -0.39 is 0 Å². The number of pyridine rings is 1. The van der Waals surface area contributed by atoms with Crippen molar-refractivity contribution in [2.75, 3.05) is 11.1 Å². The Kier molecular flexibility index (Phi) is 3.69. The highest BCUT2D eigenvalue weighted by Gasteiger charge is 2.11. The number of nitrogen functional groups attached to an aromatic ring is 1. The molecule has 1 aromatic carbocycles. The van der Waals surface area contributed by atoms with E-state index in [2.05, 4.69) is 10.3 Å². The van der Waals surface area contributed by atoms with Crippen LogP contribution in [0, 0.1) is 0 Å². The number of amides is 1. The predicted molar refractivity (Wildman–Crippen MR) is 73.1 cm³/mol. The maximum Gasteiger partial charge on any atom is 0.257 e. The average molecular weight is 282 g/mol. The van der Waals surface area contributed by atoms with Crippen molar-refractivity contribution in [1.29, 1.82) is 0 Å². The van der Waals surface area contributed by atoms with Gasteiger partial charge in [0, 0.05) is 5.69 Å². The molecule has 92 valence electrons. The fraction of sp³-hybridized carbons (Fsp3) is 0. The van der Waals surface area contributed by atoms with Gasteiger partial charge in [-0.15, -0.1) is 0 Å². The van der Waals surface area contributed by atoms with Gasteiger partial charge in [0.1, 0.15) is 5.15 Å². The third kappa shape index (κ3) is 2.72. The second-order valence-electron chi connectivity index (χ2n) is 3.53. The van der Waals surface area contributed by atoms with E-state index in [0.29, 0.717) is 22.0 Å². The van der Waals surface area contributed by atoms with Crippen molar-refractivity contribution in [3.05, 3.63) is 52.3 Å². The molecular weight excluding hydrogens is 273 g/mol. The third-order valence-electron chi connectivity index (χ3n) is 2.27. The molecule has 0 saturated carbocycles. The molecule has 4 nitrogen and oxygen atoms in total. The molecule has 3 N–H and O–H groups in total. The van der Waals surface area contributed by atoms with Crippen LogP contribution < -0.4 is 11.1 Å². The Morgan fingerprint density at radius 3 is 2.67 bits per heavy atom. The maximum absolute atomic E-state index is 12.0. The Morgan fingerprint density at radius 1 is 1.28 bits per heavy atom. The predicted octanol–water partition coefficient (Wildman–Crippen LogP) is 3.22. The second-order valence-corrected chi connectivity index (χ2v) is 4.32. The molecule has 0 aliphatic rings. The van der Waals surface area contributed by atoms with Crippen molar-refractivity contribution in [2.45, 2.75) is 0 Å². The van der Waals surface area contributed by atoms with Crippen LogP contribution >= 0.6 is 23.2 Å². The van der Waals surface area contributed by atoms with Gasteiger partial charge in [-0.25, -0.2) is 4.98 Å². The Bertz CT molecular complexity index is 602. The lowest BCUT2D eigenvalue weighted by Gasteiger charge is -2.08. The summed E-state index contributed by atoms with van der Waals surface area (Å²) in [6, 6.07) is 8.21. The largest absolute Gasteiger partial charge is 0.398 e. The molecule has 18 heavy (non-hydrogen) atoms. The molecule has 6 heteroatoms. The van der Waals surface area contributed by atoms with Gasteiger partial charge in [-0.05, 0) is 18.2 Å². The van der Waals surface area contributed by atoms with Crippen molar-refractivity contribution in [3.8, 4) is 0 Å². The quantitative estimate of drug-likeness (QED) is 0.656. The number of halogens is 2. The van der Waals surface area contributed by atoms with E-state index in [0.717, 1.165) is 0 Å². The van der Waals surface area contributed by atoms with Crippen molar-refractivity contribution < 1.29 is 4.79 Å². The van der Waals surface area contributed by atoms with Gasteiger partial charge >= 0.3 is 0 Å². The molecule has 0 atom stereocenters. The molecule has 0 spiro atoms. The summed E-state index contributed by atoms with van der Waals surface area (Å²) in [5.41, 5.74) is 6.86. The third-order valence-corrected chi connectivity index (χ3v) is 2.79. The van der Waals surface area contributed by atoms with Crippen molar-refractivity contribution in [3.63, 3.8) is 0 Å². The molecule has 1 amide bonds. The maximum atomic E-state index is 12.0. The molecule has 2 aromatic rings. The van der Waals surface area contributed by atoms with E-state index in [4.69, 9.17) is 28.9 Å². The number of nitrogens with zero attached hydrogens (tertiary/aromatic N) is 1. The summed E-state index contributed by atoms with van der Waals surface area (Å²) in [5.74, 6) is -0.348. The number of hydrogen-bond acceptors (Lipinski definition) is 3. The lowest BCUT2D eigenvalue weighted by atomic mass is 10.1. The van der Waals surface area contributed by atoms with Crippen LogP contribution in [0.2, 0.25) is 10.2 Å². The van der Waals surface area contributed by atoms with E-state index in [1.165, 1.54) is 12.3 Å². The Morgan fingerprint density at radius 2 is 2.00 bits per heavy atom. The number of nitrogens with one attached hydrogen (secondary N) is 1. The summed E-state index contributed by atoms with van der Waals surface area (Å²) < 4.78 is 0. The van der Waals surface area contributed by atoms with Crippen LogP contribution in [0.5, 0.6) is 0 Å². The number of nitrogens with two attached hydrogens (primary N) is 1. The van der Waals surface area contributed by atoms with Crippen LogP contribution in [0.15, 0.2) is 36.5 Å². The fourth-order valence-electron chi connectivity index (χ4n) is 1.39. The molecule has 0 fully saturated rings. The Labute approximate surface area is 114 Å². The molecule has 0 bridgehead atoms. The first-order valence-electron chi connectivity index (χ1n) is 5.05. The van der Waals surface area contributed by atoms with Gasteiger partial charge < -0.3 is 11.1 Å². The van der Waals surface area contributed by atoms with E-state index in [9.17, 15) is 4.79 Å². The summed E-state index contributed by atoms with van der Waals surface area (Å²) in [6.45, 7) is 0. The van der Waals surface area contributed by atoms with Crippen LogP contribution in [-0.4, -0.2) is 10.9 Å². The molecular formula is C12H9Cl2N3O. The number of hydrogen-bond donors (Lipinski definition) is 2. The molecule has 0 aliphatic carbocycles. The van der Waals surface area contributed by atoms with Crippen molar-refractivity contribution >= 4 is 40.5 Å². The van der Waals surface area contributed by atoms with Crippen molar-refractivity contribution in [1.82, 2.24) is 4.98 Å². The standard InChI is InChI=1S/C12H9Cl2N3O/c13-8-5-11(14)16-6-10(8)17-12(18)7-3-1-2-4-9(7)15/h1-6H,15H2,(H,17,18). The molecule has 0 radical (unpaired) electrons. The number of aromatic nitrogens is 1. The molecule has 0 saturated heterocycles. The van der Waals surface area contributed by atoms with Gasteiger partial charge in [0.2, 0.25) is 0 Å². The molecule has 1 heterocycles. The van der Waals surface area contributed by atoms with Gasteiger partial charge in [-0.1, -0.05) is 35.3 Å². The Hall–Kier alpha value is -1.78. The van der Waals surface area contributed by atoms with Gasteiger partial charge in [0.25, 0.3) is 5.91 Å². The summed E-state index contributed by atoms with van der Waals surface area (Å²) in [6.07, 6.45) is 1.39. The molecule has 2 rings (SSSR count). The van der Waals surface area contributed by atoms with Gasteiger partial charge in [-0.3, -0.25) is 4.79 Å². The second kappa shape index (κ2) is 5.25. The zero-order valence-corrected chi connectivity index (χ0v) is 10.7. The van der Waals surface area contributed by atoms with Crippen LogP contribution in [0.3, 0.4) is 0 Å². The van der Waals surface area contributed by atoms with E-state index in [1.54, 1.807) is 24.3 Å². The highest BCUT2D eigenvalue weighted by Crippen LogP contribution is 2.24. The van der Waals surface area contributed by atoms with Crippen LogP contribution in [-0.2, 0) is 0 Å². The topological polar surface area (TPSA) is 68.0 Å². The van der Waals surface area contributed by atoms with Gasteiger partial charge in [-0.2, -0.15) is 0 Å².